The number of allylic oxidation sites excluding steroid dienone is 1. The van der Waals surface area contributed by atoms with Crippen LogP contribution in [0, 0.1) is 5.92 Å². The summed E-state index contributed by atoms with van der Waals surface area (Å²) in [5.41, 5.74) is 3.24. The fourth-order valence-electron chi connectivity index (χ4n) is 3.82. The number of amides is 1. The first-order valence-electron chi connectivity index (χ1n) is 10.6. The van der Waals surface area contributed by atoms with E-state index in [0.29, 0.717) is 35.8 Å². The molecule has 0 saturated heterocycles. The molecule has 1 amide bonds. The van der Waals surface area contributed by atoms with Crippen LogP contribution in [0.3, 0.4) is 0 Å². The van der Waals surface area contributed by atoms with E-state index in [1.165, 1.54) is 18.5 Å². The van der Waals surface area contributed by atoms with Crippen molar-refractivity contribution in [2.75, 3.05) is 16.9 Å². The van der Waals surface area contributed by atoms with Crippen molar-refractivity contribution in [3.8, 4) is 11.5 Å². The number of anilines is 2. The molecule has 2 N–H and O–H groups in total. The topological polar surface area (TPSA) is 101 Å². The van der Waals surface area contributed by atoms with Gasteiger partial charge in [0.25, 0.3) is 5.91 Å². The molecule has 0 aromatic carbocycles. The van der Waals surface area contributed by atoms with Crippen molar-refractivity contribution in [1.82, 2.24) is 30.0 Å². The number of carbonyl (C=O) groups is 1. The van der Waals surface area contributed by atoms with Gasteiger partial charge in [0.05, 0.1) is 6.67 Å². The Kier molecular flexibility index (Phi) is 4.19. The number of aromatic nitrogens is 5. The molecule has 2 aliphatic carbocycles. The minimum Gasteiger partial charge on any atom is -0.369 e. The summed E-state index contributed by atoms with van der Waals surface area (Å²) in [5, 5.41) is 14.5. The molecule has 3 aliphatic rings. The van der Waals surface area contributed by atoms with E-state index in [1.807, 2.05) is 22.8 Å². The average molecular weight is 414 g/mol. The monoisotopic (exact) mass is 414 g/mol. The van der Waals surface area contributed by atoms with Crippen molar-refractivity contribution in [3.63, 3.8) is 0 Å². The van der Waals surface area contributed by atoms with E-state index >= 15 is 0 Å². The third-order valence-corrected chi connectivity index (χ3v) is 5.81. The lowest BCUT2D eigenvalue weighted by atomic mass is 10.2. The van der Waals surface area contributed by atoms with Gasteiger partial charge in [-0.25, -0.2) is 4.98 Å². The molecule has 9 heteroatoms. The summed E-state index contributed by atoms with van der Waals surface area (Å²) in [4.78, 5) is 23.8. The molecule has 31 heavy (non-hydrogen) atoms. The summed E-state index contributed by atoms with van der Waals surface area (Å²) in [7, 11) is 0. The van der Waals surface area contributed by atoms with Gasteiger partial charge in [0.1, 0.15) is 23.5 Å². The first-order chi connectivity index (χ1) is 15.2. The second-order valence-corrected chi connectivity index (χ2v) is 8.22. The van der Waals surface area contributed by atoms with E-state index in [2.05, 4.69) is 41.9 Å². The second kappa shape index (κ2) is 7.19. The van der Waals surface area contributed by atoms with Crippen molar-refractivity contribution < 1.29 is 4.79 Å². The summed E-state index contributed by atoms with van der Waals surface area (Å²) in [6.07, 6.45) is 10.3. The number of hydrogen-bond donors (Lipinski definition) is 2. The van der Waals surface area contributed by atoms with E-state index in [1.54, 1.807) is 24.7 Å². The molecule has 2 saturated carbocycles. The minimum absolute atomic E-state index is 0.297. The molecule has 9 nitrogen and oxygen atoms in total. The van der Waals surface area contributed by atoms with E-state index in [9.17, 15) is 4.79 Å². The maximum atomic E-state index is 12.9. The van der Waals surface area contributed by atoms with Gasteiger partial charge in [-0.05, 0) is 49.9 Å². The zero-order chi connectivity index (χ0) is 20.8. The quantitative estimate of drug-likeness (QED) is 0.639. The van der Waals surface area contributed by atoms with Crippen LogP contribution in [0.15, 0.2) is 54.8 Å². The van der Waals surface area contributed by atoms with Crippen LogP contribution in [0.1, 0.15) is 42.2 Å². The lowest BCUT2D eigenvalue weighted by molar-refractivity contribution is 0.102. The van der Waals surface area contributed by atoms with Crippen LogP contribution in [-0.4, -0.2) is 37.3 Å². The highest BCUT2D eigenvalue weighted by molar-refractivity contribution is 6.03. The van der Waals surface area contributed by atoms with Crippen molar-refractivity contribution in [1.29, 1.82) is 0 Å². The van der Waals surface area contributed by atoms with E-state index in [-0.39, 0.29) is 5.91 Å². The van der Waals surface area contributed by atoms with Crippen molar-refractivity contribution in [2.24, 2.45) is 5.92 Å². The van der Waals surface area contributed by atoms with Gasteiger partial charge < -0.3 is 20.1 Å². The Morgan fingerprint density at radius 1 is 1.16 bits per heavy atom. The summed E-state index contributed by atoms with van der Waals surface area (Å²) >= 11 is 0. The van der Waals surface area contributed by atoms with Gasteiger partial charge in [-0.15, -0.1) is 10.2 Å². The number of hydrogen-bond acceptors (Lipinski definition) is 7. The Labute approximate surface area is 179 Å². The Hall–Kier alpha value is -3.75. The summed E-state index contributed by atoms with van der Waals surface area (Å²) in [6, 6.07) is 9.66. The number of nitrogens with one attached hydrogen (secondary N) is 2. The van der Waals surface area contributed by atoms with Crippen LogP contribution in [0.4, 0.5) is 11.5 Å². The van der Waals surface area contributed by atoms with Crippen LogP contribution < -0.4 is 15.5 Å². The van der Waals surface area contributed by atoms with Crippen LogP contribution in [0.2, 0.25) is 0 Å². The van der Waals surface area contributed by atoms with Crippen molar-refractivity contribution in [2.45, 2.75) is 31.7 Å². The molecule has 4 heterocycles. The van der Waals surface area contributed by atoms with Gasteiger partial charge in [-0.2, -0.15) is 0 Å². The van der Waals surface area contributed by atoms with Crippen molar-refractivity contribution >= 4 is 17.4 Å². The third-order valence-electron chi connectivity index (χ3n) is 5.81. The predicted octanol–water partition coefficient (Wildman–Crippen LogP) is 2.94. The number of carbonyl (C=O) groups excluding carboxylic acids is 1. The Bertz CT molecular complexity index is 1180. The summed E-state index contributed by atoms with van der Waals surface area (Å²) in [5.74, 6) is 1.55. The van der Waals surface area contributed by atoms with Gasteiger partial charge >= 0.3 is 0 Å². The molecule has 0 radical (unpaired) electrons. The average Bonchev–Trinajstić information content (AvgIpc) is 3.73. The van der Waals surface area contributed by atoms with Crippen LogP contribution in [0.25, 0.3) is 11.5 Å². The summed E-state index contributed by atoms with van der Waals surface area (Å²) in [6.45, 7) is 0.710. The maximum Gasteiger partial charge on any atom is 0.275 e. The summed E-state index contributed by atoms with van der Waals surface area (Å²) < 4.78 is 2.05. The molecule has 0 spiro atoms. The lowest BCUT2D eigenvalue weighted by Crippen LogP contribution is -2.22. The molecular weight excluding hydrogens is 392 g/mol. The Balaban J connectivity index is 1.20. The van der Waals surface area contributed by atoms with Crippen LogP contribution in [-0.2, 0) is 0 Å². The zero-order valence-corrected chi connectivity index (χ0v) is 16.9. The maximum absolute atomic E-state index is 12.9. The van der Waals surface area contributed by atoms with Crippen LogP contribution >= 0.6 is 0 Å². The standard InChI is InChI=1S/C22H22N8O/c31-22(18-10-16(8-9-23-18)29-11-19(24-12-29)14-4-5-14)27-20-3-1-2-17(26-20)21-28-25-13-30(21)15-6-7-15/h1-3,8-11,13-15,24H,4-7,12H2,(H,26,27,31). The molecule has 0 bridgehead atoms. The third kappa shape index (κ3) is 3.63. The highest BCUT2D eigenvalue weighted by Gasteiger charge is 2.30. The highest BCUT2D eigenvalue weighted by atomic mass is 16.1. The molecule has 0 atom stereocenters. The van der Waals surface area contributed by atoms with Gasteiger partial charge in [0.2, 0.25) is 0 Å². The highest BCUT2D eigenvalue weighted by Crippen LogP contribution is 2.38. The molecule has 156 valence electrons. The Morgan fingerprint density at radius 3 is 2.90 bits per heavy atom. The predicted molar refractivity (Wildman–Crippen MR) is 115 cm³/mol. The normalized spacial score (nSPS) is 17.9. The largest absolute Gasteiger partial charge is 0.369 e. The fourth-order valence-corrected chi connectivity index (χ4v) is 3.82. The molecule has 0 unspecified atom stereocenters. The smallest absolute Gasteiger partial charge is 0.275 e. The molecule has 2 fully saturated rings. The van der Waals surface area contributed by atoms with E-state index in [4.69, 9.17) is 0 Å². The minimum atomic E-state index is -0.297. The number of nitrogens with zero attached hydrogens (tertiary/aromatic N) is 6. The van der Waals surface area contributed by atoms with Crippen LogP contribution in [0.5, 0.6) is 0 Å². The van der Waals surface area contributed by atoms with Gasteiger partial charge in [-0.3, -0.25) is 9.78 Å². The van der Waals surface area contributed by atoms with E-state index in [0.717, 1.165) is 24.4 Å². The van der Waals surface area contributed by atoms with E-state index < -0.39 is 0 Å². The lowest BCUT2D eigenvalue weighted by Gasteiger charge is -2.15. The number of rotatable bonds is 6. The van der Waals surface area contributed by atoms with Gasteiger partial charge in [0, 0.05) is 35.7 Å². The molecule has 3 aromatic rings. The number of pyridine rings is 2. The molecule has 3 aromatic heterocycles. The molecular formula is C22H22N8O. The first kappa shape index (κ1) is 18.1. The SMILES string of the molecule is O=C(Nc1cccc(-c2nncn2C2CC2)n1)c1cc(N2C=C(C3CC3)NC2)ccn1. The zero-order valence-electron chi connectivity index (χ0n) is 16.9. The van der Waals surface area contributed by atoms with Crippen molar-refractivity contribution in [3.05, 3.63) is 60.4 Å². The van der Waals surface area contributed by atoms with Gasteiger partial charge in [-0.1, -0.05) is 6.07 Å². The second-order valence-electron chi connectivity index (χ2n) is 8.22. The van der Waals surface area contributed by atoms with Gasteiger partial charge in [0.15, 0.2) is 5.82 Å². The Morgan fingerprint density at radius 2 is 2.06 bits per heavy atom. The fraction of sp³-hybridized carbons (Fsp3) is 0.318. The molecule has 1 aliphatic heterocycles. The first-order valence-corrected chi connectivity index (χ1v) is 10.6. The molecule has 6 rings (SSSR count).